The minimum absolute atomic E-state index is 0.268. The molecule has 0 aromatic heterocycles. The number of hydrogen-bond acceptors (Lipinski definition) is 4. The first-order valence-electron chi connectivity index (χ1n) is 6.04. The monoisotopic (exact) mass is 308 g/mol. The molecular formula is C13H9ClN2O5. The summed E-state index contributed by atoms with van der Waals surface area (Å²) < 4.78 is 0. The van der Waals surface area contributed by atoms with E-state index in [0.29, 0.717) is 5.02 Å². The smallest absolute Gasteiger partial charge is 0.323 e. The first kappa shape index (κ1) is 13.6. The molecule has 108 valence electrons. The van der Waals surface area contributed by atoms with Crippen molar-refractivity contribution in [3.63, 3.8) is 0 Å². The Morgan fingerprint density at radius 1 is 1.38 bits per heavy atom. The Morgan fingerprint density at radius 2 is 2.10 bits per heavy atom. The number of benzene rings is 1. The van der Waals surface area contributed by atoms with Crippen LogP contribution in [0.25, 0.3) is 0 Å². The van der Waals surface area contributed by atoms with Crippen LogP contribution in [-0.4, -0.2) is 35.3 Å². The summed E-state index contributed by atoms with van der Waals surface area (Å²) in [4.78, 5) is 48.2. The highest BCUT2D eigenvalue weighted by Gasteiger charge is 2.61. The maximum Gasteiger partial charge on any atom is 0.323 e. The van der Waals surface area contributed by atoms with Crippen LogP contribution < -0.4 is 10.2 Å². The average Bonchev–Trinajstić information content (AvgIpc) is 2.80. The van der Waals surface area contributed by atoms with Crippen molar-refractivity contribution < 1.29 is 24.3 Å². The Balaban J connectivity index is 2.22. The molecule has 1 atom stereocenters. The molecule has 21 heavy (non-hydrogen) atoms. The van der Waals surface area contributed by atoms with E-state index in [-0.39, 0.29) is 17.7 Å². The van der Waals surface area contributed by atoms with Gasteiger partial charge in [0, 0.05) is 16.3 Å². The maximum absolute atomic E-state index is 12.6. The zero-order valence-corrected chi connectivity index (χ0v) is 11.3. The number of fused-ring (bicyclic) bond motifs is 2. The molecule has 1 spiro atoms. The van der Waals surface area contributed by atoms with Crippen molar-refractivity contribution >= 4 is 41.0 Å². The number of amides is 3. The Labute approximate surface area is 123 Å². The molecule has 1 saturated heterocycles. The van der Waals surface area contributed by atoms with Crippen molar-refractivity contribution in [2.24, 2.45) is 0 Å². The van der Waals surface area contributed by atoms with Gasteiger partial charge in [-0.15, -0.1) is 0 Å². The van der Waals surface area contributed by atoms with Gasteiger partial charge in [-0.2, -0.15) is 0 Å². The number of carboxylic acid groups (broad SMARTS) is 1. The molecule has 3 rings (SSSR count). The van der Waals surface area contributed by atoms with Gasteiger partial charge in [-0.1, -0.05) is 11.6 Å². The van der Waals surface area contributed by atoms with Crippen LogP contribution in [0.15, 0.2) is 18.2 Å². The summed E-state index contributed by atoms with van der Waals surface area (Å²) in [6.07, 6.45) is -0.339. The van der Waals surface area contributed by atoms with E-state index in [4.69, 9.17) is 16.7 Å². The highest BCUT2D eigenvalue weighted by molar-refractivity contribution is 6.32. The molecule has 0 aliphatic carbocycles. The summed E-state index contributed by atoms with van der Waals surface area (Å²) in [5.74, 6) is -3.25. The van der Waals surface area contributed by atoms with Crippen LogP contribution in [0.2, 0.25) is 5.02 Å². The fourth-order valence-corrected chi connectivity index (χ4v) is 2.99. The molecule has 0 radical (unpaired) electrons. The van der Waals surface area contributed by atoms with Crippen LogP contribution in [0, 0.1) is 0 Å². The summed E-state index contributed by atoms with van der Waals surface area (Å²) in [5.41, 5.74) is -1.14. The number of carboxylic acids is 1. The van der Waals surface area contributed by atoms with Crippen LogP contribution in [0.3, 0.4) is 0 Å². The zero-order chi connectivity index (χ0) is 15.4. The van der Waals surface area contributed by atoms with E-state index in [1.165, 1.54) is 18.2 Å². The summed E-state index contributed by atoms with van der Waals surface area (Å²) >= 11 is 5.91. The van der Waals surface area contributed by atoms with Gasteiger partial charge in [0.15, 0.2) is 5.41 Å². The molecule has 2 N–H and O–H groups in total. The number of nitrogens with zero attached hydrogens (tertiary/aromatic N) is 1. The predicted octanol–water partition coefficient (Wildman–Crippen LogP) is 0.0555. The number of rotatable bonds is 2. The highest BCUT2D eigenvalue weighted by Crippen LogP contribution is 2.47. The second-order valence-electron chi connectivity index (χ2n) is 4.91. The molecular weight excluding hydrogens is 300 g/mol. The Morgan fingerprint density at radius 3 is 2.67 bits per heavy atom. The van der Waals surface area contributed by atoms with Gasteiger partial charge in [-0.05, 0) is 18.2 Å². The van der Waals surface area contributed by atoms with Gasteiger partial charge >= 0.3 is 5.97 Å². The minimum Gasteiger partial charge on any atom is -0.480 e. The van der Waals surface area contributed by atoms with Gasteiger partial charge in [-0.3, -0.25) is 29.4 Å². The predicted molar refractivity (Wildman–Crippen MR) is 70.9 cm³/mol. The normalized spacial score (nSPS) is 23.7. The Hall–Kier alpha value is -2.41. The fourth-order valence-electron chi connectivity index (χ4n) is 2.82. The van der Waals surface area contributed by atoms with Gasteiger partial charge < -0.3 is 5.11 Å². The first-order chi connectivity index (χ1) is 9.86. The van der Waals surface area contributed by atoms with Crippen LogP contribution in [0.1, 0.15) is 12.0 Å². The summed E-state index contributed by atoms with van der Waals surface area (Å²) in [7, 11) is 0. The van der Waals surface area contributed by atoms with Gasteiger partial charge in [0.1, 0.15) is 6.54 Å². The molecule has 1 unspecified atom stereocenters. The summed E-state index contributed by atoms with van der Waals surface area (Å²) in [6.45, 7) is -0.587. The number of carbonyl (C=O) groups is 4. The second-order valence-corrected chi connectivity index (χ2v) is 5.34. The molecule has 2 aliphatic heterocycles. The average molecular weight is 309 g/mol. The topological polar surface area (TPSA) is 104 Å². The number of nitrogens with one attached hydrogen (secondary N) is 1. The minimum atomic E-state index is -1.70. The van der Waals surface area contributed by atoms with Crippen LogP contribution in [0.4, 0.5) is 5.69 Å². The lowest BCUT2D eigenvalue weighted by Crippen LogP contribution is -2.46. The Kier molecular flexibility index (Phi) is 2.77. The standard InChI is InChI=1S/C13H9ClN2O5/c14-6-1-2-8-7(3-6)13(4-9(17)15-11(13)20)12(21)16(8)5-10(18)19/h1-3H,4-5H2,(H,18,19)(H,15,17,20). The second kappa shape index (κ2) is 4.29. The van der Waals surface area contributed by atoms with Crippen molar-refractivity contribution in [3.05, 3.63) is 28.8 Å². The van der Waals surface area contributed by atoms with E-state index in [0.717, 1.165) is 4.90 Å². The third-order valence-corrected chi connectivity index (χ3v) is 3.91. The van der Waals surface area contributed by atoms with Crippen molar-refractivity contribution in [3.8, 4) is 0 Å². The largest absolute Gasteiger partial charge is 0.480 e. The van der Waals surface area contributed by atoms with E-state index >= 15 is 0 Å². The van der Waals surface area contributed by atoms with Gasteiger partial charge in [0.2, 0.25) is 17.7 Å². The third kappa shape index (κ3) is 1.74. The number of aliphatic carboxylic acids is 1. The molecule has 1 aromatic rings. The molecule has 1 fully saturated rings. The van der Waals surface area contributed by atoms with Crippen molar-refractivity contribution in [2.75, 3.05) is 11.4 Å². The number of halogens is 1. The van der Waals surface area contributed by atoms with Crippen molar-refractivity contribution in [1.29, 1.82) is 0 Å². The van der Waals surface area contributed by atoms with Gasteiger partial charge in [0.25, 0.3) is 0 Å². The Bertz CT molecular complexity index is 717. The number of hydrogen-bond donors (Lipinski definition) is 2. The van der Waals surface area contributed by atoms with Gasteiger partial charge in [-0.25, -0.2) is 0 Å². The quantitative estimate of drug-likeness (QED) is 0.594. The molecule has 0 bridgehead atoms. The van der Waals surface area contributed by atoms with E-state index in [2.05, 4.69) is 5.32 Å². The first-order valence-corrected chi connectivity index (χ1v) is 6.42. The number of carbonyl (C=O) groups excluding carboxylic acids is 3. The molecule has 7 nitrogen and oxygen atoms in total. The highest BCUT2D eigenvalue weighted by atomic mass is 35.5. The van der Waals surface area contributed by atoms with Crippen LogP contribution in [0.5, 0.6) is 0 Å². The number of imide groups is 1. The molecule has 3 amide bonds. The zero-order valence-electron chi connectivity index (χ0n) is 10.6. The van der Waals surface area contributed by atoms with E-state index in [1.807, 2.05) is 0 Å². The molecule has 1 aromatic carbocycles. The number of anilines is 1. The van der Waals surface area contributed by atoms with Crippen LogP contribution in [-0.2, 0) is 24.6 Å². The summed E-state index contributed by atoms with van der Waals surface area (Å²) in [6, 6.07) is 4.40. The van der Waals surface area contributed by atoms with E-state index in [1.54, 1.807) is 0 Å². The van der Waals surface area contributed by atoms with Crippen LogP contribution >= 0.6 is 11.6 Å². The summed E-state index contributed by atoms with van der Waals surface area (Å²) in [5, 5.41) is 11.3. The lowest BCUT2D eigenvalue weighted by atomic mass is 9.80. The SMILES string of the molecule is O=C(O)CN1C(=O)C2(CC(=O)NC2=O)c2cc(Cl)ccc21. The van der Waals surface area contributed by atoms with Gasteiger partial charge in [0.05, 0.1) is 6.42 Å². The molecule has 2 aliphatic rings. The van der Waals surface area contributed by atoms with Crippen molar-refractivity contribution in [2.45, 2.75) is 11.8 Å². The van der Waals surface area contributed by atoms with E-state index in [9.17, 15) is 19.2 Å². The van der Waals surface area contributed by atoms with Crippen molar-refractivity contribution in [1.82, 2.24) is 5.32 Å². The molecule has 8 heteroatoms. The fraction of sp³-hybridized carbons (Fsp3) is 0.231. The maximum atomic E-state index is 12.6. The molecule has 0 saturated carbocycles. The lowest BCUT2D eigenvalue weighted by Gasteiger charge is -2.19. The third-order valence-electron chi connectivity index (χ3n) is 3.68. The molecule has 2 heterocycles. The van der Waals surface area contributed by atoms with E-state index < -0.39 is 35.7 Å². The lowest BCUT2D eigenvalue weighted by molar-refractivity contribution is -0.138.